The van der Waals surface area contributed by atoms with E-state index in [0.717, 1.165) is 0 Å². The Morgan fingerprint density at radius 2 is 1.85 bits per heavy atom. The van der Waals surface area contributed by atoms with Crippen LogP contribution in [0.4, 0.5) is 0 Å². The average molecular weight is 297 g/mol. The lowest BCUT2D eigenvalue weighted by Crippen LogP contribution is -2.45. The first-order valence-corrected chi connectivity index (χ1v) is 8.22. The maximum absolute atomic E-state index is 12.0. The molecule has 0 heterocycles. The summed E-state index contributed by atoms with van der Waals surface area (Å²) in [5.41, 5.74) is 5.56. The number of aliphatic imine (C=N–C) groups is 1. The van der Waals surface area contributed by atoms with Crippen LogP contribution in [0.2, 0.25) is 0 Å². The molecule has 0 aromatic heterocycles. The molecule has 0 saturated carbocycles. The van der Waals surface area contributed by atoms with Crippen LogP contribution < -0.4 is 11.1 Å². The van der Waals surface area contributed by atoms with Crippen molar-refractivity contribution in [3.63, 3.8) is 0 Å². The second-order valence-electron chi connectivity index (χ2n) is 5.63. The van der Waals surface area contributed by atoms with Gasteiger partial charge in [0.05, 0.1) is 10.6 Å². The zero-order valence-corrected chi connectivity index (χ0v) is 13.1. The van der Waals surface area contributed by atoms with Gasteiger partial charge in [-0.1, -0.05) is 18.2 Å². The molecule has 0 atom stereocenters. The summed E-state index contributed by atoms with van der Waals surface area (Å²) in [6.45, 7) is 6.33. The van der Waals surface area contributed by atoms with E-state index in [-0.39, 0.29) is 11.3 Å². The van der Waals surface area contributed by atoms with Crippen LogP contribution in [0.5, 0.6) is 0 Å². The van der Waals surface area contributed by atoms with Gasteiger partial charge in [0.2, 0.25) is 0 Å². The molecule has 1 aromatic carbocycles. The molecule has 3 N–H and O–H groups in total. The first kappa shape index (κ1) is 16.5. The van der Waals surface area contributed by atoms with E-state index >= 15 is 0 Å². The van der Waals surface area contributed by atoms with Crippen LogP contribution in [-0.4, -0.2) is 32.2 Å². The first-order valence-electron chi connectivity index (χ1n) is 6.57. The Kier molecular flexibility index (Phi) is 5.56. The molecule has 0 fully saturated rings. The predicted molar refractivity (Wildman–Crippen MR) is 82.5 cm³/mol. The van der Waals surface area contributed by atoms with E-state index in [0.29, 0.717) is 23.8 Å². The highest BCUT2D eigenvalue weighted by atomic mass is 32.2. The maximum atomic E-state index is 12.0. The summed E-state index contributed by atoms with van der Waals surface area (Å²) < 4.78 is 24.0. The molecular formula is C14H23N3O2S. The largest absolute Gasteiger partial charge is 0.370 e. The number of nitrogens with one attached hydrogen (secondary N) is 1. The molecule has 0 aliphatic rings. The molecule has 0 saturated heterocycles. The van der Waals surface area contributed by atoms with E-state index in [4.69, 9.17) is 5.73 Å². The topological polar surface area (TPSA) is 84.5 Å². The summed E-state index contributed by atoms with van der Waals surface area (Å²) >= 11 is 0. The van der Waals surface area contributed by atoms with Crippen molar-refractivity contribution in [3.8, 4) is 0 Å². The molecule has 1 aromatic rings. The van der Waals surface area contributed by atoms with E-state index in [9.17, 15) is 8.42 Å². The van der Waals surface area contributed by atoms with E-state index in [1.165, 1.54) is 0 Å². The lowest BCUT2D eigenvalue weighted by Gasteiger charge is -2.20. The fourth-order valence-electron chi connectivity index (χ4n) is 1.62. The maximum Gasteiger partial charge on any atom is 0.188 e. The third-order valence-corrected chi connectivity index (χ3v) is 4.28. The Morgan fingerprint density at radius 3 is 2.40 bits per heavy atom. The molecule has 0 amide bonds. The van der Waals surface area contributed by atoms with Gasteiger partial charge in [-0.2, -0.15) is 0 Å². The normalized spacial score (nSPS) is 13.2. The van der Waals surface area contributed by atoms with Gasteiger partial charge in [-0.15, -0.1) is 0 Å². The van der Waals surface area contributed by atoms with Crippen molar-refractivity contribution in [3.05, 3.63) is 30.3 Å². The van der Waals surface area contributed by atoms with Gasteiger partial charge in [-0.3, -0.25) is 4.99 Å². The van der Waals surface area contributed by atoms with Crippen molar-refractivity contribution in [1.82, 2.24) is 5.32 Å². The molecule has 0 aliphatic heterocycles. The molecule has 0 spiro atoms. The van der Waals surface area contributed by atoms with Crippen LogP contribution >= 0.6 is 0 Å². The zero-order chi connectivity index (χ0) is 15.2. The summed E-state index contributed by atoms with van der Waals surface area (Å²) in [5.74, 6) is 0.415. The van der Waals surface area contributed by atoms with Crippen LogP contribution in [0.1, 0.15) is 27.2 Å². The monoisotopic (exact) mass is 297 g/mol. The fraction of sp³-hybridized carbons (Fsp3) is 0.500. The van der Waals surface area contributed by atoms with Crippen LogP contribution in [-0.2, 0) is 9.84 Å². The highest BCUT2D eigenvalue weighted by molar-refractivity contribution is 7.91. The number of hydrogen-bond donors (Lipinski definition) is 2. The van der Waals surface area contributed by atoms with E-state index in [2.05, 4.69) is 10.3 Å². The molecule has 20 heavy (non-hydrogen) atoms. The lowest BCUT2D eigenvalue weighted by atomic mass is 10.1. The van der Waals surface area contributed by atoms with Crippen LogP contribution in [0.25, 0.3) is 0 Å². The van der Waals surface area contributed by atoms with Gasteiger partial charge in [0.1, 0.15) is 0 Å². The number of nitrogens with two attached hydrogens (primary N) is 1. The average Bonchev–Trinajstić information content (AvgIpc) is 2.34. The molecular weight excluding hydrogens is 274 g/mol. The summed E-state index contributed by atoms with van der Waals surface area (Å²) in [5, 5.41) is 3.03. The highest BCUT2D eigenvalue weighted by Crippen LogP contribution is 2.10. The summed E-state index contributed by atoms with van der Waals surface area (Å²) in [7, 11) is -3.22. The minimum absolute atomic E-state index is 0.0727. The Hall–Kier alpha value is -1.56. The number of sulfone groups is 1. The first-order chi connectivity index (χ1) is 9.21. The van der Waals surface area contributed by atoms with Crippen molar-refractivity contribution >= 4 is 15.8 Å². The van der Waals surface area contributed by atoms with Crippen LogP contribution in [0.15, 0.2) is 40.2 Å². The quantitative estimate of drug-likeness (QED) is 0.490. The number of guanidine groups is 1. The summed E-state index contributed by atoms with van der Waals surface area (Å²) in [6, 6.07) is 8.44. The third-order valence-electron chi connectivity index (χ3n) is 2.46. The van der Waals surface area contributed by atoms with Gasteiger partial charge in [-0.25, -0.2) is 8.42 Å². The van der Waals surface area contributed by atoms with Gasteiger partial charge in [0.25, 0.3) is 0 Å². The van der Waals surface area contributed by atoms with Crippen molar-refractivity contribution in [2.75, 3.05) is 12.3 Å². The molecule has 0 radical (unpaired) electrons. The Bertz CT molecular complexity index is 546. The van der Waals surface area contributed by atoms with Gasteiger partial charge >= 0.3 is 0 Å². The molecule has 5 nitrogen and oxygen atoms in total. The second kappa shape index (κ2) is 6.74. The van der Waals surface area contributed by atoms with Crippen molar-refractivity contribution < 1.29 is 8.42 Å². The summed E-state index contributed by atoms with van der Waals surface area (Å²) in [6.07, 6.45) is 0.448. The molecule has 0 aliphatic carbocycles. The molecule has 0 unspecified atom stereocenters. The van der Waals surface area contributed by atoms with Gasteiger partial charge in [0.15, 0.2) is 15.8 Å². The Labute approximate surface area is 121 Å². The standard InChI is InChI=1S/C14H23N3O2S/c1-14(2,3)17-13(15)16-10-7-11-20(18,19)12-8-5-4-6-9-12/h4-6,8-9H,7,10-11H2,1-3H3,(H3,15,16,17). The molecule has 0 bridgehead atoms. The van der Waals surface area contributed by atoms with E-state index in [1.807, 2.05) is 20.8 Å². The predicted octanol–water partition coefficient (Wildman–Crippen LogP) is 1.55. The summed E-state index contributed by atoms with van der Waals surface area (Å²) in [4.78, 5) is 4.48. The number of rotatable bonds is 5. The Balaban J connectivity index is 2.47. The third kappa shape index (κ3) is 6.06. The minimum atomic E-state index is -3.22. The van der Waals surface area contributed by atoms with Crippen LogP contribution in [0.3, 0.4) is 0 Å². The number of nitrogens with zero attached hydrogens (tertiary/aromatic N) is 1. The molecule has 6 heteroatoms. The van der Waals surface area contributed by atoms with Crippen molar-refractivity contribution in [2.24, 2.45) is 10.7 Å². The number of benzene rings is 1. The zero-order valence-electron chi connectivity index (χ0n) is 12.3. The second-order valence-corrected chi connectivity index (χ2v) is 7.74. The van der Waals surface area contributed by atoms with E-state index in [1.54, 1.807) is 30.3 Å². The van der Waals surface area contributed by atoms with Crippen LogP contribution in [0, 0.1) is 0 Å². The highest BCUT2D eigenvalue weighted by Gasteiger charge is 2.13. The minimum Gasteiger partial charge on any atom is -0.370 e. The van der Waals surface area contributed by atoms with Gasteiger partial charge in [0, 0.05) is 12.1 Å². The number of hydrogen-bond acceptors (Lipinski definition) is 3. The molecule has 112 valence electrons. The van der Waals surface area contributed by atoms with E-state index < -0.39 is 9.84 Å². The lowest BCUT2D eigenvalue weighted by molar-refractivity contribution is 0.508. The SMILES string of the molecule is CC(C)(C)NC(N)=NCCCS(=O)(=O)c1ccccc1. The Morgan fingerprint density at radius 1 is 1.25 bits per heavy atom. The fourth-order valence-corrected chi connectivity index (χ4v) is 2.94. The van der Waals surface area contributed by atoms with Gasteiger partial charge in [-0.05, 0) is 39.3 Å². The van der Waals surface area contributed by atoms with Crippen molar-refractivity contribution in [1.29, 1.82) is 0 Å². The smallest absolute Gasteiger partial charge is 0.188 e. The molecule has 1 rings (SSSR count). The van der Waals surface area contributed by atoms with Gasteiger partial charge < -0.3 is 11.1 Å². The van der Waals surface area contributed by atoms with Crippen molar-refractivity contribution in [2.45, 2.75) is 37.6 Å².